The number of halogens is 3. The number of ether oxygens (including phenoxy) is 2. The Morgan fingerprint density at radius 1 is 1.18 bits per heavy atom. The molecule has 1 aromatic carbocycles. The van der Waals surface area contributed by atoms with E-state index in [-0.39, 0.29) is 10.8 Å². The average Bonchev–Trinajstić information content (AvgIpc) is 3.17. The van der Waals surface area contributed by atoms with Gasteiger partial charge in [0, 0.05) is 16.1 Å². The minimum Gasteiger partial charge on any atom is -0.465 e. The highest BCUT2D eigenvalue weighted by atomic mass is 32.2. The first-order chi connectivity index (χ1) is 15.4. The standard InChI is InChI=1S/C21H27F3N2O6S/c1-9(2)33-12-6-4-5-11(7-12)10(3)14-18(21(22,23)24)25-26-19(14)32-17-16(29)15(28)13(8-27)31-20(17)30/h4-7,9-10,13,15-17,20,27-30H,8H2,1-3H3,(H,25,26)/t10?,13-,15-,16+,17-,20-/m1/s1. The number of benzene rings is 1. The fourth-order valence-electron chi connectivity index (χ4n) is 3.67. The number of rotatable bonds is 7. The number of aromatic nitrogens is 2. The van der Waals surface area contributed by atoms with E-state index in [9.17, 15) is 33.6 Å². The molecular weight excluding hydrogens is 465 g/mol. The largest absolute Gasteiger partial charge is 0.465 e. The van der Waals surface area contributed by atoms with Crippen molar-refractivity contribution < 1.29 is 43.1 Å². The molecular formula is C21H27F3N2O6S. The van der Waals surface area contributed by atoms with Gasteiger partial charge in [-0.25, -0.2) is 0 Å². The second-order valence-corrected chi connectivity index (χ2v) is 9.74. The molecule has 33 heavy (non-hydrogen) atoms. The van der Waals surface area contributed by atoms with Crippen LogP contribution in [0, 0.1) is 0 Å². The molecule has 8 nitrogen and oxygen atoms in total. The maximum absolute atomic E-state index is 13.8. The minimum atomic E-state index is -4.77. The molecule has 1 saturated heterocycles. The molecule has 0 bridgehead atoms. The van der Waals surface area contributed by atoms with E-state index in [4.69, 9.17) is 9.47 Å². The number of H-pyrrole nitrogens is 1. The topological polar surface area (TPSA) is 128 Å². The highest BCUT2D eigenvalue weighted by Gasteiger charge is 2.47. The predicted molar refractivity (Wildman–Crippen MR) is 113 cm³/mol. The Balaban J connectivity index is 1.98. The minimum absolute atomic E-state index is 0.276. The van der Waals surface area contributed by atoms with Crippen LogP contribution >= 0.6 is 11.8 Å². The van der Waals surface area contributed by atoms with Gasteiger partial charge in [-0.1, -0.05) is 32.9 Å². The van der Waals surface area contributed by atoms with Crippen molar-refractivity contribution in [3.63, 3.8) is 0 Å². The molecule has 0 spiro atoms. The van der Waals surface area contributed by atoms with Crippen molar-refractivity contribution >= 4 is 11.8 Å². The molecule has 2 aromatic rings. The molecule has 1 aliphatic heterocycles. The summed E-state index contributed by atoms with van der Waals surface area (Å²) >= 11 is 1.57. The van der Waals surface area contributed by atoms with Crippen LogP contribution in [0.25, 0.3) is 0 Å². The van der Waals surface area contributed by atoms with E-state index in [1.807, 2.05) is 25.0 Å². The van der Waals surface area contributed by atoms with Gasteiger partial charge in [-0.15, -0.1) is 16.9 Å². The third kappa shape index (κ3) is 5.64. The summed E-state index contributed by atoms with van der Waals surface area (Å²) in [6, 6.07) is 7.09. The number of nitrogens with zero attached hydrogens (tertiary/aromatic N) is 1. The summed E-state index contributed by atoms with van der Waals surface area (Å²) in [7, 11) is 0. The lowest BCUT2D eigenvalue weighted by atomic mass is 9.92. The van der Waals surface area contributed by atoms with E-state index >= 15 is 0 Å². The van der Waals surface area contributed by atoms with Crippen molar-refractivity contribution in [2.75, 3.05) is 6.61 Å². The number of hydrogen-bond acceptors (Lipinski definition) is 8. The maximum atomic E-state index is 13.8. The quantitative estimate of drug-likeness (QED) is 0.373. The Kier molecular flexibility index (Phi) is 7.97. The zero-order chi connectivity index (χ0) is 24.5. The van der Waals surface area contributed by atoms with Crippen LogP contribution in [-0.4, -0.2) is 73.2 Å². The average molecular weight is 493 g/mol. The van der Waals surface area contributed by atoms with Gasteiger partial charge in [-0.3, -0.25) is 5.10 Å². The molecule has 0 radical (unpaired) electrons. The summed E-state index contributed by atoms with van der Waals surface area (Å²) in [5, 5.41) is 45.6. The van der Waals surface area contributed by atoms with Crippen molar-refractivity contribution in [2.24, 2.45) is 0 Å². The van der Waals surface area contributed by atoms with Gasteiger partial charge in [0.05, 0.1) is 12.2 Å². The zero-order valence-corrected chi connectivity index (χ0v) is 19.0. The van der Waals surface area contributed by atoms with Gasteiger partial charge >= 0.3 is 6.18 Å². The normalized spacial score (nSPS) is 27.1. The van der Waals surface area contributed by atoms with Crippen molar-refractivity contribution in [3.05, 3.63) is 41.1 Å². The number of thioether (sulfide) groups is 1. The first-order valence-electron chi connectivity index (χ1n) is 10.3. The molecule has 1 unspecified atom stereocenters. The predicted octanol–water partition coefficient (Wildman–Crippen LogP) is 2.26. The number of alkyl halides is 3. The molecule has 0 saturated carbocycles. The maximum Gasteiger partial charge on any atom is 0.433 e. The van der Waals surface area contributed by atoms with Gasteiger partial charge in [0.15, 0.2) is 12.4 Å². The molecule has 12 heteroatoms. The van der Waals surface area contributed by atoms with Crippen LogP contribution in [-0.2, 0) is 10.9 Å². The van der Waals surface area contributed by atoms with Crippen molar-refractivity contribution in [1.29, 1.82) is 0 Å². The molecule has 3 rings (SSSR count). The summed E-state index contributed by atoms with van der Waals surface area (Å²) in [5.74, 6) is -1.31. The van der Waals surface area contributed by atoms with Crippen LogP contribution in [0.2, 0.25) is 0 Å². The number of aliphatic hydroxyl groups excluding tert-OH is 4. The molecule has 0 amide bonds. The van der Waals surface area contributed by atoms with Gasteiger partial charge in [-0.05, 0) is 17.7 Å². The fraction of sp³-hybridized carbons (Fsp3) is 0.571. The third-order valence-electron chi connectivity index (χ3n) is 5.31. The van der Waals surface area contributed by atoms with Crippen LogP contribution in [0.4, 0.5) is 13.2 Å². The van der Waals surface area contributed by atoms with Gasteiger partial charge in [-0.2, -0.15) is 13.2 Å². The smallest absolute Gasteiger partial charge is 0.433 e. The Morgan fingerprint density at radius 3 is 2.48 bits per heavy atom. The highest BCUT2D eigenvalue weighted by Crippen LogP contribution is 2.42. The van der Waals surface area contributed by atoms with E-state index in [1.165, 1.54) is 0 Å². The highest BCUT2D eigenvalue weighted by molar-refractivity contribution is 7.99. The van der Waals surface area contributed by atoms with Crippen LogP contribution in [0.3, 0.4) is 0 Å². The summed E-state index contributed by atoms with van der Waals surface area (Å²) in [6.07, 6.45) is -12.9. The summed E-state index contributed by atoms with van der Waals surface area (Å²) in [4.78, 5) is 0.888. The Morgan fingerprint density at radius 2 is 1.88 bits per heavy atom. The van der Waals surface area contributed by atoms with E-state index in [2.05, 4.69) is 5.10 Å². The van der Waals surface area contributed by atoms with E-state index in [0.29, 0.717) is 5.56 Å². The second kappa shape index (κ2) is 10.2. The molecule has 1 aliphatic rings. The van der Waals surface area contributed by atoms with E-state index in [1.54, 1.807) is 36.9 Å². The molecule has 5 N–H and O–H groups in total. The zero-order valence-electron chi connectivity index (χ0n) is 18.2. The fourth-order valence-corrected chi connectivity index (χ4v) is 4.57. The lowest BCUT2D eigenvalue weighted by Gasteiger charge is -2.39. The Bertz CT molecular complexity index is 941. The summed E-state index contributed by atoms with van der Waals surface area (Å²) in [6.45, 7) is 4.88. The number of aliphatic hydroxyl groups is 4. The third-order valence-corrected chi connectivity index (χ3v) is 6.30. The second-order valence-electron chi connectivity index (χ2n) is 8.09. The van der Waals surface area contributed by atoms with Crippen LogP contribution in [0.5, 0.6) is 5.88 Å². The number of aromatic amines is 1. The number of nitrogens with one attached hydrogen (secondary N) is 1. The van der Waals surface area contributed by atoms with Gasteiger partial charge < -0.3 is 29.9 Å². The van der Waals surface area contributed by atoms with E-state index < -0.39 is 61.0 Å². The molecule has 1 fully saturated rings. The van der Waals surface area contributed by atoms with Gasteiger partial charge in [0.2, 0.25) is 5.88 Å². The van der Waals surface area contributed by atoms with Crippen LogP contribution in [0.1, 0.15) is 43.5 Å². The van der Waals surface area contributed by atoms with Gasteiger partial charge in [0.1, 0.15) is 24.0 Å². The first-order valence-corrected chi connectivity index (χ1v) is 11.2. The van der Waals surface area contributed by atoms with Crippen molar-refractivity contribution in [1.82, 2.24) is 10.2 Å². The number of hydrogen-bond donors (Lipinski definition) is 5. The molecule has 1 aromatic heterocycles. The van der Waals surface area contributed by atoms with Gasteiger partial charge in [0.25, 0.3) is 0 Å². The lowest BCUT2D eigenvalue weighted by Crippen LogP contribution is -2.60. The first kappa shape index (κ1) is 25.8. The molecule has 6 atom stereocenters. The van der Waals surface area contributed by atoms with Crippen molar-refractivity contribution in [2.45, 2.75) is 73.7 Å². The summed E-state index contributed by atoms with van der Waals surface area (Å²) in [5.41, 5.74) is -0.854. The van der Waals surface area contributed by atoms with E-state index in [0.717, 1.165) is 4.90 Å². The SMILES string of the molecule is CC(C)Sc1cccc(C(C)c2c(O[C@@H]3[C@@H](O)[C@H](O)[C@@H](CO)O[C@H]3O)n[nH]c2C(F)(F)F)c1. The Labute approximate surface area is 192 Å². The lowest BCUT2D eigenvalue weighted by molar-refractivity contribution is -0.281. The van der Waals surface area contributed by atoms with Crippen LogP contribution < -0.4 is 4.74 Å². The molecule has 0 aliphatic carbocycles. The Hall–Kier alpha value is -1.83. The van der Waals surface area contributed by atoms with Crippen molar-refractivity contribution in [3.8, 4) is 5.88 Å². The summed E-state index contributed by atoms with van der Waals surface area (Å²) < 4.78 is 51.8. The molecule has 184 valence electrons. The molecule has 2 heterocycles. The van der Waals surface area contributed by atoms with Crippen LogP contribution in [0.15, 0.2) is 29.2 Å². The monoisotopic (exact) mass is 492 g/mol.